The number of aromatic nitrogens is 1. The van der Waals surface area contributed by atoms with E-state index in [1.807, 2.05) is 66.7 Å². The lowest BCUT2D eigenvalue weighted by Crippen LogP contribution is -2.50. The number of carbonyl (C=O) groups excluding carboxylic acids is 2. The van der Waals surface area contributed by atoms with E-state index in [-0.39, 0.29) is 42.3 Å². The lowest BCUT2D eigenvalue weighted by molar-refractivity contribution is -0.141. The highest BCUT2D eigenvalue weighted by atomic mass is 32.2. The predicted octanol–water partition coefficient (Wildman–Crippen LogP) is 4.42. The first-order chi connectivity index (χ1) is 21.8. The molecule has 0 saturated heterocycles. The minimum absolute atomic E-state index is 0.0226. The zero-order valence-corrected chi connectivity index (χ0v) is 26.1. The average molecular weight is 627 g/mol. The van der Waals surface area contributed by atoms with Gasteiger partial charge >= 0.3 is 0 Å². The van der Waals surface area contributed by atoms with Crippen molar-refractivity contribution in [1.29, 1.82) is 0 Å². The van der Waals surface area contributed by atoms with Gasteiger partial charge in [0.1, 0.15) is 11.8 Å². The van der Waals surface area contributed by atoms with Gasteiger partial charge in [0.25, 0.3) is 0 Å². The second-order valence-corrected chi connectivity index (χ2v) is 12.9. The van der Waals surface area contributed by atoms with Gasteiger partial charge in [0.2, 0.25) is 21.8 Å². The Morgan fingerprint density at radius 2 is 1.58 bits per heavy atom. The van der Waals surface area contributed by atoms with Gasteiger partial charge in [0, 0.05) is 44.4 Å². The molecule has 1 atom stereocenters. The Morgan fingerprint density at radius 3 is 2.22 bits per heavy atom. The minimum atomic E-state index is -3.56. The van der Waals surface area contributed by atoms with Crippen LogP contribution in [0, 0.1) is 0 Å². The average Bonchev–Trinajstić information content (AvgIpc) is 3.89. The number of rotatable bonds is 15. The molecule has 0 radical (unpaired) electrons. The highest BCUT2D eigenvalue weighted by molar-refractivity contribution is 7.89. The summed E-state index contributed by atoms with van der Waals surface area (Å²) in [5.74, 6) is 0.252. The third-order valence-electron chi connectivity index (χ3n) is 7.73. The number of ether oxygens (including phenoxy) is 1. The van der Waals surface area contributed by atoms with Gasteiger partial charge in [0.05, 0.1) is 12.0 Å². The maximum Gasteiger partial charge on any atom is 0.243 e. The van der Waals surface area contributed by atoms with Gasteiger partial charge in [-0.2, -0.15) is 0 Å². The smallest absolute Gasteiger partial charge is 0.243 e. The maximum atomic E-state index is 14.0. The van der Waals surface area contributed by atoms with Gasteiger partial charge in [-0.25, -0.2) is 13.1 Å². The molecular formula is C35H38N4O5S. The standard InChI is InChI=1S/C35H38N4O5S/c1-44-31-16-9-28(10-17-31)25-39(34(40)20-13-26-11-18-32(19-12-26)45(42,43)38-30-14-15-30)33(22-27-6-3-2-4-7-27)35(41)37-24-29-8-5-21-36-23-29/h2-12,16-19,21,23,30,33,38H,13-15,20,22,24-25H2,1H3,(H,37,41)/t33-/m1/s1. The molecule has 10 heteroatoms. The SMILES string of the molecule is COc1ccc(CN(C(=O)CCc2ccc(S(=O)(=O)NC3CC3)cc2)[C@H](Cc2ccccc2)C(=O)NCc2cccnc2)cc1. The number of hydrogen-bond acceptors (Lipinski definition) is 6. The van der Waals surface area contributed by atoms with Gasteiger partial charge in [0.15, 0.2) is 0 Å². The van der Waals surface area contributed by atoms with Crippen LogP contribution in [0.3, 0.4) is 0 Å². The fourth-order valence-electron chi connectivity index (χ4n) is 5.01. The Kier molecular flexibility index (Phi) is 10.6. The normalized spacial score (nSPS) is 13.5. The van der Waals surface area contributed by atoms with Crippen molar-refractivity contribution in [2.45, 2.75) is 62.2 Å². The van der Waals surface area contributed by atoms with Crippen LogP contribution in [-0.4, -0.2) is 49.3 Å². The lowest BCUT2D eigenvalue weighted by atomic mass is 10.0. The second-order valence-electron chi connectivity index (χ2n) is 11.2. The Morgan fingerprint density at radius 1 is 0.889 bits per heavy atom. The summed E-state index contributed by atoms with van der Waals surface area (Å²) < 4.78 is 33.1. The Hall–Kier alpha value is -4.54. The number of carbonyl (C=O) groups is 2. The van der Waals surface area contributed by atoms with Gasteiger partial charge < -0.3 is 15.0 Å². The topological polar surface area (TPSA) is 118 Å². The van der Waals surface area contributed by atoms with E-state index < -0.39 is 16.1 Å². The van der Waals surface area contributed by atoms with E-state index in [0.29, 0.717) is 18.6 Å². The third kappa shape index (κ3) is 9.23. The van der Waals surface area contributed by atoms with Crippen molar-refractivity contribution in [3.63, 3.8) is 0 Å². The maximum absolute atomic E-state index is 14.0. The fourth-order valence-corrected chi connectivity index (χ4v) is 6.32. The molecule has 2 N–H and O–H groups in total. The summed E-state index contributed by atoms with van der Waals surface area (Å²) in [5, 5.41) is 3.01. The van der Waals surface area contributed by atoms with Crippen molar-refractivity contribution in [3.05, 3.63) is 126 Å². The van der Waals surface area contributed by atoms with Crippen molar-refractivity contribution >= 4 is 21.8 Å². The molecule has 1 fully saturated rings. The first-order valence-corrected chi connectivity index (χ1v) is 16.5. The van der Waals surface area contributed by atoms with Crippen LogP contribution in [0.2, 0.25) is 0 Å². The van der Waals surface area contributed by atoms with Crippen LogP contribution in [0.5, 0.6) is 5.75 Å². The van der Waals surface area contributed by atoms with Crippen molar-refractivity contribution in [2.24, 2.45) is 0 Å². The Bertz CT molecular complexity index is 1660. The first-order valence-electron chi connectivity index (χ1n) is 15.0. The molecule has 0 bridgehead atoms. The number of aryl methyl sites for hydroxylation is 1. The summed E-state index contributed by atoms with van der Waals surface area (Å²) in [4.78, 5) is 33.8. The summed E-state index contributed by atoms with van der Waals surface area (Å²) in [5.41, 5.74) is 3.48. The zero-order chi connectivity index (χ0) is 31.6. The summed E-state index contributed by atoms with van der Waals surface area (Å²) in [7, 11) is -1.96. The van der Waals surface area contributed by atoms with Crippen LogP contribution in [-0.2, 0) is 45.5 Å². The number of amides is 2. The molecule has 5 rings (SSSR count). The molecule has 1 aliphatic rings. The summed E-state index contributed by atoms with van der Waals surface area (Å²) in [6.45, 7) is 0.512. The van der Waals surface area contributed by atoms with E-state index in [9.17, 15) is 18.0 Å². The van der Waals surface area contributed by atoms with Crippen LogP contribution < -0.4 is 14.8 Å². The molecule has 4 aromatic rings. The van der Waals surface area contributed by atoms with Gasteiger partial charge in [-0.15, -0.1) is 0 Å². The number of nitrogens with one attached hydrogen (secondary N) is 2. The Balaban J connectivity index is 1.36. The zero-order valence-electron chi connectivity index (χ0n) is 25.3. The Labute approximate surface area is 264 Å². The second kappa shape index (κ2) is 15.0. The van der Waals surface area contributed by atoms with Crippen molar-refractivity contribution < 1.29 is 22.7 Å². The van der Waals surface area contributed by atoms with Crippen LogP contribution in [0.25, 0.3) is 0 Å². The number of methoxy groups -OCH3 is 1. The largest absolute Gasteiger partial charge is 0.497 e. The molecule has 3 aromatic carbocycles. The number of nitrogens with zero attached hydrogens (tertiary/aromatic N) is 2. The summed E-state index contributed by atoms with van der Waals surface area (Å²) >= 11 is 0. The molecule has 1 aliphatic carbocycles. The molecule has 0 aliphatic heterocycles. The van der Waals surface area contributed by atoms with E-state index in [4.69, 9.17) is 4.74 Å². The number of sulfonamides is 1. The number of hydrogen-bond donors (Lipinski definition) is 2. The molecular weight excluding hydrogens is 588 g/mol. The first kappa shape index (κ1) is 31.9. The molecule has 234 valence electrons. The molecule has 45 heavy (non-hydrogen) atoms. The number of benzene rings is 3. The molecule has 0 spiro atoms. The van der Waals surface area contributed by atoms with Gasteiger partial charge in [-0.05, 0) is 71.8 Å². The fraction of sp³-hybridized carbons (Fsp3) is 0.286. The minimum Gasteiger partial charge on any atom is -0.497 e. The van der Waals surface area contributed by atoms with Crippen LogP contribution in [0.4, 0.5) is 0 Å². The highest BCUT2D eigenvalue weighted by Gasteiger charge is 2.31. The summed E-state index contributed by atoms with van der Waals surface area (Å²) in [6.07, 6.45) is 5.97. The van der Waals surface area contributed by atoms with Crippen molar-refractivity contribution in [3.8, 4) is 5.75 Å². The quantitative estimate of drug-likeness (QED) is 0.202. The third-order valence-corrected chi connectivity index (χ3v) is 9.27. The van der Waals surface area contributed by atoms with Crippen molar-refractivity contribution in [1.82, 2.24) is 19.9 Å². The van der Waals surface area contributed by atoms with Crippen LogP contribution in [0.15, 0.2) is 108 Å². The van der Waals surface area contributed by atoms with E-state index in [1.165, 1.54) is 0 Å². The predicted molar refractivity (Wildman–Crippen MR) is 172 cm³/mol. The van der Waals surface area contributed by atoms with E-state index in [2.05, 4.69) is 15.0 Å². The monoisotopic (exact) mass is 626 g/mol. The lowest BCUT2D eigenvalue weighted by Gasteiger charge is -2.32. The highest BCUT2D eigenvalue weighted by Crippen LogP contribution is 2.23. The summed E-state index contributed by atoms with van der Waals surface area (Å²) in [6, 6.07) is 26.7. The molecule has 1 saturated carbocycles. The van der Waals surface area contributed by atoms with Crippen LogP contribution >= 0.6 is 0 Å². The van der Waals surface area contributed by atoms with E-state index in [0.717, 1.165) is 35.1 Å². The van der Waals surface area contributed by atoms with Crippen LogP contribution in [0.1, 0.15) is 41.5 Å². The molecule has 9 nitrogen and oxygen atoms in total. The molecule has 2 amide bonds. The van der Waals surface area contributed by atoms with Gasteiger partial charge in [-0.1, -0.05) is 60.7 Å². The molecule has 1 heterocycles. The van der Waals surface area contributed by atoms with E-state index in [1.54, 1.807) is 48.7 Å². The van der Waals surface area contributed by atoms with Crippen molar-refractivity contribution in [2.75, 3.05) is 7.11 Å². The van der Waals surface area contributed by atoms with Gasteiger partial charge in [-0.3, -0.25) is 14.6 Å². The van der Waals surface area contributed by atoms with E-state index >= 15 is 0 Å². The molecule has 0 unspecified atom stereocenters. The molecule has 1 aromatic heterocycles. The number of pyridine rings is 1.